The molecule has 0 bridgehead atoms. The van der Waals surface area contributed by atoms with E-state index < -0.39 is 26.4 Å². The fraction of sp³-hybridized carbons (Fsp3) is 0.478. The third-order valence-electron chi connectivity index (χ3n) is 5.25. The van der Waals surface area contributed by atoms with Crippen LogP contribution >= 0.6 is 7.75 Å². The van der Waals surface area contributed by atoms with Gasteiger partial charge in [-0.25, -0.2) is 4.57 Å². The van der Waals surface area contributed by atoms with E-state index in [1.165, 1.54) is 13.8 Å². The number of nitrogens with one attached hydrogen (secondary N) is 1. The molecular weight excluding hydrogens is 447 g/mol. The van der Waals surface area contributed by atoms with E-state index in [2.05, 4.69) is 16.8 Å². The zero-order chi connectivity index (χ0) is 24.4. The first-order valence-electron chi connectivity index (χ1n) is 10.8. The molecule has 0 radical (unpaired) electrons. The molecule has 1 saturated carbocycles. The fourth-order valence-corrected chi connectivity index (χ4v) is 4.77. The normalized spacial score (nSPS) is 18.5. The Labute approximate surface area is 194 Å². The van der Waals surface area contributed by atoms with Crippen LogP contribution in [-0.4, -0.2) is 48.3 Å². The summed E-state index contributed by atoms with van der Waals surface area (Å²) in [6, 6.07) is 7.45. The van der Waals surface area contributed by atoms with Crippen LogP contribution in [-0.2, 0) is 18.6 Å². The molecule has 0 aliphatic heterocycles. The molecule has 0 amide bonds. The highest BCUT2D eigenvalue weighted by molar-refractivity contribution is 7.52. The molecule has 9 nitrogen and oxygen atoms in total. The summed E-state index contributed by atoms with van der Waals surface area (Å²) in [5, 5.41) is 22.6. The van der Waals surface area contributed by atoms with Gasteiger partial charge in [0.05, 0.1) is 18.9 Å². The lowest BCUT2D eigenvalue weighted by Gasteiger charge is -2.24. The van der Waals surface area contributed by atoms with Crippen LogP contribution < -0.4 is 9.61 Å². The highest BCUT2D eigenvalue weighted by atomic mass is 31.2. The van der Waals surface area contributed by atoms with Crippen LogP contribution in [0.3, 0.4) is 0 Å². The van der Waals surface area contributed by atoms with Gasteiger partial charge in [-0.15, -0.1) is 0 Å². The highest BCUT2D eigenvalue weighted by Crippen LogP contribution is 2.45. The zero-order valence-electron chi connectivity index (χ0n) is 19.3. The third-order valence-corrected chi connectivity index (χ3v) is 6.87. The van der Waals surface area contributed by atoms with Crippen molar-refractivity contribution in [3.63, 3.8) is 0 Å². The van der Waals surface area contributed by atoms with E-state index in [1.807, 2.05) is 0 Å². The first kappa shape index (κ1) is 26.8. The minimum Gasteiger partial charge on any atom is -0.506 e. The second-order valence-electron chi connectivity index (χ2n) is 7.88. The maximum Gasteiger partial charge on any atom is 0.459 e. The van der Waals surface area contributed by atoms with Crippen molar-refractivity contribution in [2.45, 2.75) is 58.6 Å². The molecule has 2 atom stereocenters. The molecule has 0 saturated heterocycles. The van der Waals surface area contributed by atoms with E-state index in [0.29, 0.717) is 5.57 Å². The average molecular weight is 480 g/mol. The van der Waals surface area contributed by atoms with E-state index in [4.69, 9.17) is 13.8 Å². The molecule has 1 aliphatic rings. The Bertz CT molecular complexity index is 924. The Morgan fingerprint density at radius 3 is 2.48 bits per heavy atom. The number of aliphatic imine (C=N–C) groups is 1. The number of para-hydroxylation sites is 1. The first-order chi connectivity index (χ1) is 15.7. The minimum atomic E-state index is -4.06. The molecule has 10 heteroatoms. The van der Waals surface area contributed by atoms with Crippen molar-refractivity contribution in [1.82, 2.24) is 5.09 Å². The summed E-state index contributed by atoms with van der Waals surface area (Å²) in [6.45, 7) is 7.27. The van der Waals surface area contributed by atoms with Crippen LogP contribution in [0.1, 0.15) is 46.5 Å². The van der Waals surface area contributed by atoms with Gasteiger partial charge in [-0.05, 0) is 70.9 Å². The van der Waals surface area contributed by atoms with E-state index in [1.54, 1.807) is 37.3 Å². The van der Waals surface area contributed by atoms with E-state index in [0.717, 1.165) is 25.7 Å². The van der Waals surface area contributed by atoms with Crippen molar-refractivity contribution in [3.05, 3.63) is 52.9 Å². The van der Waals surface area contributed by atoms with Gasteiger partial charge in [-0.2, -0.15) is 5.09 Å². The second kappa shape index (κ2) is 12.7. The molecule has 1 aromatic carbocycles. The van der Waals surface area contributed by atoms with Gasteiger partial charge in [0.1, 0.15) is 23.7 Å². The van der Waals surface area contributed by atoms with Crippen LogP contribution in [0, 0.1) is 0 Å². The largest absolute Gasteiger partial charge is 0.506 e. The predicted octanol–water partition coefficient (Wildman–Crippen LogP) is 4.45. The Morgan fingerprint density at radius 1 is 1.27 bits per heavy atom. The molecule has 1 fully saturated rings. The smallest absolute Gasteiger partial charge is 0.459 e. The van der Waals surface area contributed by atoms with Gasteiger partial charge in [0, 0.05) is 5.57 Å². The number of aliphatic hydroxyl groups excluding tert-OH is 2. The van der Waals surface area contributed by atoms with E-state index in [-0.39, 0.29) is 35.5 Å². The van der Waals surface area contributed by atoms with E-state index >= 15 is 0 Å². The van der Waals surface area contributed by atoms with Gasteiger partial charge in [0.15, 0.2) is 0 Å². The summed E-state index contributed by atoms with van der Waals surface area (Å²) in [5.74, 6) is -0.504. The van der Waals surface area contributed by atoms with E-state index in [9.17, 15) is 19.6 Å². The Morgan fingerprint density at radius 2 is 1.91 bits per heavy atom. The number of allylic oxidation sites excluding steroid dienone is 1. The summed E-state index contributed by atoms with van der Waals surface area (Å²) in [6.07, 6.45) is 3.53. The lowest BCUT2D eigenvalue weighted by atomic mass is 10.1. The predicted molar refractivity (Wildman–Crippen MR) is 126 cm³/mol. The first-order valence-corrected chi connectivity index (χ1v) is 12.4. The number of carbonyl (C=O) groups excluding carboxylic acids is 1. The monoisotopic (exact) mass is 480 g/mol. The molecule has 2 rings (SSSR count). The Balaban J connectivity index is 2.20. The summed E-state index contributed by atoms with van der Waals surface area (Å²) in [4.78, 5) is 16.2. The van der Waals surface area contributed by atoms with Crippen LogP contribution in [0.5, 0.6) is 5.75 Å². The van der Waals surface area contributed by atoms with Crippen molar-refractivity contribution in [1.29, 1.82) is 0 Å². The second-order valence-corrected chi connectivity index (χ2v) is 9.57. The van der Waals surface area contributed by atoms with Gasteiger partial charge in [0.25, 0.3) is 0 Å². The topological polar surface area (TPSA) is 127 Å². The number of carbonyl (C=O) groups is 1. The number of hydrogen-bond acceptors (Lipinski definition) is 8. The summed E-state index contributed by atoms with van der Waals surface area (Å²) in [5.41, 5.74) is 0.793. The van der Waals surface area contributed by atoms with Crippen molar-refractivity contribution in [2.24, 2.45) is 4.99 Å². The lowest BCUT2D eigenvalue weighted by Crippen LogP contribution is -2.36. The fourth-order valence-electron chi connectivity index (χ4n) is 3.25. The number of benzene rings is 1. The number of rotatable bonds is 12. The number of ether oxygens (including phenoxy) is 1. The maximum absolute atomic E-state index is 13.6. The molecule has 0 heterocycles. The molecule has 1 aliphatic carbocycles. The number of esters is 1. The van der Waals surface area contributed by atoms with Gasteiger partial charge in [0.2, 0.25) is 0 Å². The van der Waals surface area contributed by atoms with Crippen LogP contribution in [0.4, 0.5) is 0 Å². The van der Waals surface area contributed by atoms with Crippen LogP contribution in [0.25, 0.3) is 0 Å². The highest BCUT2D eigenvalue weighted by Gasteiger charge is 2.33. The molecular formula is C23H33N2O7P. The quantitative estimate of drug-likeness (QED) is 0.132. The lowest BCUT2D eigenvalue weighted by molar-refractivity contribution is -0.150. The molecule has 0 aromatic heterocycles. The van der Waals surface area contributed by atoms with Gasteiger partial charge in [-0.1, -0.05) is 18.2 Å². The molecule has 1 aromatic rings. The van der Waals surface area contributed by atoms with Crippen LogP contribution in [0.2, 0.25) is 0 Å². The van der Waals surface area contributed by atoms with Gasteiger partial charge >= 0.3 is 13.7 Å². The third kappa shape index (κ3) is 8.12. The van der Waals surface area contributed by atoms with Crippen molar-refractivity contribution >= 4 is 20.4 Å². The molecule has 182 valence electrons. The summed E-state index contributed by atoms with van der Waals surface area (Å²) in [7, 11) is -4.06. The van der Waals surface area contributed by atoms with Crippen molar-refractivity contribution in [2.75, 3.05) is 13.2 Å². The number of nitrogens with zero attached hydrogens (tertiary/aromatic N) is 1. The number of hydrogen-bond donors (Lipinski definition) is 3. The summed E-state index contributed by atoms with van der Waals surface area (Å²) < 4.78 is 30.3. The molecule has 0 spiro atoms. The molecule has 33 heavy (non-hydrogen) atoms. The zero-order valence-corrected chi connectivity index (χ0v) is 20.2. The van der Waals surface area contributed by atoms with Crippen molar-refractivity contribution in [3.8, 4) is 5.75 Å². The standard InChI is InChI=1S/C23H33N2O7P/c1-16(21(14-26)22(27)17(2)24-4)15-30-33(29,32-20-12-6-5-7-13-20)25-18(3)23(28)31-19-10-8-9-11-19/h5-7,12-13,18-19,26-27H,4,8-11,14-15H2,1-3H3,(H,25,29)/b21-16+,22-17+/t18-,33?/m0/s1. The van der Waals surface area contributed by atoms with Crippen molar-refractivity contribution < 1.29 is 33.4 Å². The van der Waals surface area contributed by atoms with Gasteiger partial charge < -0.3 is 19.5 Å². The maximum atomic E-state index is 13.6. The Hall–Kier alpha value is -2.45. The minimum absolute atomic E-state index is 0.133. The van der Waals surface area contributed by atoms with Crippen LogP contribution in [0.15, 0.2) is 57.9 Å². The average Bonchev–Trinajstić information content (AvgIpc) is 3.31. The van der Waals surface area contributed by atoms with Gasteiger partial charge in [-0.3, -0.25) is 14.3 Å². The summed E-state index contributed by atoms with van der Waals surface area (Å²) >= 11 is 0. The molecule has 3 N–H and O–H groups in total. The Kier molecular flexibility index (Phi) is 10.3. The SMILES string of the molecule is C=N/C(C)=C(O)\C(CO)=C(/C)COP(=O)(N[C@@H](C)C(=O)OC1CCCC1)Oc1ccccc1. The molecule has 1 unspecified atom stereocenters. The number of aliphatic hydroxyl groups is 2.